The van der Waals surface area contributed by atoms with Crippen molar-refractivity contribution in [3.8, 4) is 5.75 Å². The quantitative estimate of drug-likeness (QED) is 0.835. The van der Waals surface area contributed by atoms with Gasteiger partial charge in [0.2, 0.25) is 5.91 Å². The SMILES string of the molecule is CCNC(=O)CN(C)Cc1cc(F)c(O)c(F)c1. The minimum Gasteiger partial charge on any atom is -0.503 e. The normalized spacial score (nSPS) is 10.7. The van der Waals surface area contributed by atoms with Gasteiger partial charge in [0.25, 0.3) is 0 Å². The lowest BCUT2D eigenvalue weighted by atomic mass is 10.2. The lowest BCUT2D eigenvalue weighted by Gasteiger charge is -2.16. The maximum Gasteiger partial charge on any atom is 0.234 e. The van der Waals surface area contributed by atoms with Crippen molar-refractivity contribution in [1.29, 1.82) is 0 Å². The molecule has 0 radical (unpaired) electrons. The molecule has 0 aliphatic rings. The summed E-state index contributed by atoms with van der Waals surface area (Å²) in [6.07, 6.45) is 0. The van der Waals surface area contributed by atoms with Gasteiger partial charge in [-0.3, -0.25) is 9.69 Å². The van der Waals surface area contributed by atoms with Crippen molar-refractivity contribution >= 4 is 5.91 Å². The number of halogens is 2. The number of nitrogens with one attached hydrogen (secondary N) is 1. The number of phenolic OH excluding ortho intramolecular Hbond substituents is 1. The minimum absolute atomic E-state index is 0.137. The number of hydrogen-bond donors (Lipinski definition) is 2. The average Bonchev–Trinajstić information content (AvgIpc) is 2.25. The Morgan fingerprint density at radius 3 is 2.44 bits per heavy atom. The fourth-order valence-electron chi connectivity index (χ4n) is 1.58. The molecule has 0 aromatic heterocycles. The summed E-state index contributed by atoms with van der Waals surface area (Å²) in [6.45, 7) is 2.70. The Kier molecular flexibility index (Phi) is 5.03. The highest BCUT2D eigenvalue weighted by molar-refractivity contribution is 5.77. The number of likely N-dealkylation sites (N-methyl/N-ethyl adjacent to an activating group) is 2. The second-order valence-electron chi connectivity index (χ2n) is 4.03. The topological polar surface area (TPSA) is 52.6 Å². The summed E-state index contributed by atoms with van der Waals surface area (Å²) in [5, 5.41) is 11.6. The van der Waals surface area contributed by atoms with Crippen LogP contribution in [0, 0.1) is 11.6 Å². The van der Waals surface area contributed by atoms with E-state index in [1.54, 1.807) is 11.9 Å². The van der Waals surface area contributed by atoms with E-state index >= 15 is 0 Å². The third-order valence-electron chi connectivity index (χ3n) is 2.32. The number of carbonyl (C=O) groups excluding carboxylic acids is 1. The molecule has 100 valence electrons. The summed E-state index contributed by atoms with van der Waals surface area (Å²) in [6, 6.07) is 2.10. The summed E-state index contributed by atoms with van der Waals surface area (Å²) >= 11 is 0. The number of hydrogen-bond acceptors (Lipinski definition) is 3. The van der Waals surface area contributed by atoms with Crippen molar-refractivity contribution in [1.82, 2.24) is 10.2 Å². The number of nitrogens with zero attached hydrogens (tertiary/aromatic N) is 1. The molecule has 0 aliphatic carbocycles. The molecule has 0 saturated carbocycles. The van der Waals surface area contributed by atoms with Crippen LogP contribution in [0.5, 0.6) is 5.75 Å². The van der Waals surface area contributed by atoms with Gasteiger partial charge in [0.15, 0.2) is 17.4 Å². The van der Waals surface area contributed by atoms with Gasteiger partial charge in [-0.15, -0.1) is 0 Å². The Labute approximate surface area is 104 Å². The highest BCUT2D eigenvalue weighted by Gasteiger charge is 2.12. The summed E-state index contributed by atoms with van der Waals surface area (Å²) in [5.41, 5.74) is 0.356. The van der Waals surface area contributed by atoms with Crippen LogP contribution in [-0.4, -0.2) is 36.1 Å². The number of phenols is 1. The third-order valence-corrected chi connectivity index (χ3v) is 2.32. The summed E-state index contributed by atoms with van der Waals surface area (Å²) < 4.78 is 26.2. The van der Waals surface area contributed by atoms with E-state index in [0.29, 0.717) is 12.1 Å². The predicted octanol–water partition coefficient (Wildman–Crippen LogP) is 1.24. The molecule has 0 atom stereocenters. The maximum absolute atomic E-state index is 13.1. The zero-order valence-corrected chi connectivity index (χ0v) is 10.3. The smallest absolute Gasteiger partial charge is 0.234 e. The van der Waals surface area contributed by atoms with Gasteiger partial charge < -0.3 is 10.4 Å². The van der Waals surface area contributed by atoms with Crippen LogP contribution in [-0.2, 0) is 11.3 Å². The van der Waals surface area contributed by atoms with Crippen molar-refractivity contribution in [2.75, 3.05) is 20.1 Å². The first-order chi connectivity index (χ1) is 8.43. The summed E-state index contributed by atoms with van der Waals surface area (Å²) in [4.78, 5) is 12.9. The Balaban J connectivity index is 2.65. The monoisotopic (exact) mass is 258 g/mol. The summed E-state index contributed by atoms with van der Waals surface area (Å²) in [5.74, 6) is -3.14. The predicted molar refractivity (Wildman–Crippen MR) is 63.0 cm³/mol. The molecule has 1 aromatic carbocycles. The average molecular weight is 258 g/mol. The van der Waals surface area contributed by atoms with Crippen LogP contribution in [0.4, 0.5) is 8.78 Å². The number of aromatic hydroxyl groups is 1. The third kappa shape index (κ3) is 3.96. The summed E-state index contributed by atoms with van der Waals surface area (Å²) in [7, 11) is 1.66. The van der Waals surface area contributed by atoms with E-state index in [4.69, 9.17) is 5.11 Å². The van der Waals surface area contributed by atoms with Gasteiger partial charge in [-0.2, -0.15) is 0 Å². The molecule has 0 heterocycles. The molecule has 0 bridgehead atoms. The standard InChI is InChI=1S/C12H16F2N2O2/c1-3-15-11(17)7-16(2)6-8-4-9(13)12(18)10(14)5-8/h4-5,18H,3,6-7H2,1-2H3,(H,15,17). The fraction of sp³-hybridized carbons (Fsp3) is 0.417. The lowest BCUT2D eigenvalue weighted by molar-refractivity contribution is -0.121. The van der Waals surface area contributed by atoms with E-state index in [-0.39, 0.29) is 19.0 Å². The molecule has 18 heavy (non-hydrogen) atoms. The van der Waals surface area contributed by atoms with Gasteiger partial charge in [0.05, 0.1) is 6.54 Å². The van der Waals surface area contributed by atoms with Gasteiger partial charge in [-0.1, -0.05) is 0 Å². The molecule has 1 rings (SSSR count). The Morgan fingerprint density at radius 2 is 1.94 bits per heavy atom. The van der Waals surface area contributed by atoms with E-state index in [1.807, 2.05) is 6.92 Å². The molecular weight excluding hydrogens is 242 g/mol. The molecule has 0 fully saturated rings. The van der Waals surface area contributed by atoms with E-state index in [2.05, 4.69) is 5.32 Å². The van der Waals surface area contributed by atoms with Crippen LogP contribution in [0.15, 0.2) is 12.1 Å². The molecule has 1 aromatic rings. The highest BCUT2D eigenvalue weighted by atomic mass is 19.1. The van der Waals surface area contributed by atoms with Crippen LogP contribution in [0.1, 0.15) is 12.5 Å². The van der Waals surface area contributed by atoms with Crippen LogP contribution < -0.4 is 5.32 Å². The van der Waals surface area contributed by atoms with Crippen molar-refractivity contribution < 1.29 is 18.7 Å². The maximum atomic E-state index is 13.1. The second-order valence-corrected chi connectivity index (χ2v) is 4.03. The molecule has 0 aliphatic heterocycles. The van der Waals surface area contributed by atoms with E-state index in [1.165, 1.54) is 0 Å². The number of carbonyl (C=O) groups is 1. The van der Waals surface area contributed by atoms with Crippen molar-refractivity contribution in [3.63, 3.8) is 0 Å². The Morgan fingerprint density at radius 1 is 1.39 bits per heavy atom. The van der Waals surface area contributed by atoms with E-state index in [9.17, 15) is 13.6 Å². The number of benzene rings is 1. The molecule has 0 saturated heterocycles. The van der Waals surface area contributed by atoms with Crippen molar-refractivity contribution in [2.24, 2.45) is 0 Å². The van der Waals surface area contributed by atoms with Gasteiger partial charge in [0, 0.05) is 13.1 Å². The fourth-order valence-corrected chi connectivity index (χ4v) is 1.58. The molecule has 1 amide bonds. The first kappa shape index (κ1) is 14.4. The lowest BCUT2D eigenvalue weighted by Crippen LogP contribution is -2.34. The Bertz CT molecular complexity index is 415. The van der Waals surface area contributed by atoms with Gasteiger partial charge in [-0.25, -0.2) is 8.78 Å². The van der Waals surface area contributed by atoms with Crippen LogP contribution in [0.2, 0.25) is 0 Å². The Hall–Kier alpha value is -1.69. The van der Waals surface area contributed by atoms with Crippen molar-refractivity contribution in [3.05, 3.63) is 29.3 Å². The molecule has 0 spiro atoms. The molecular formula is C12H16F2N2O2. The zero-order chi connectivity index (χ0) is 13.7. The van der Waals surface area contributed by atoms with E-state index in [0.717, 1.165) is 12.1 Å². The number of amides is 1. The van der Waals surface area contributed by atoms with Crippen LogP contribution >= 0.6 is 0 Å². The van der Waals surface area contributed by atoms with Crippen LogP contribution in [0.3, 0.4) is 0 Å². The second kappa shape index (κ2) is 6.30. The zero-order valence-electron chi connectivity index (χ0n) is 10.3. The molecule has 6 heteroatoms. The molecule has 4 nitrogen and oxygen atoms in total. The van der Waals surface area contributed by atoms with Gasteiger partial charge in [0.1, 0.15) is 0 Å². The number of rotatable bonds is 5. The first-order valence-corrected chi connectivity index (χ1v) is 5.56. The highest BCUT2D eigenvalue weighted by Crippen LogP contribution is 2.21. The molecule has 0 unspecified atom stereocenters. The molecule has 2 N–H and O–H groups in total. The largest absolute Gasteiger partial charge is 0.503 e. The van der Waals surface area contributed by atoms with Gasteiger partial charge >= 0.3 is 0 Å². The van der Waals surface area contributed by atoms with Crippen molar-refractivity contribution in [2.45, 2.75) is 13.5 Å². The van der Waals surface area contributed by atoms with Crippen LogP contribution in [0.25, 0.3) is 0 Å². The first-order valence-electron chi connectivity index (χ1n) is 5.56. The van der Waals surface area contributed by atoms with E-state index < -0.39 is 17.4 Å². The minimum atomic E-state index is -1.00. The van der Waals surface area contributed by atoms with Gasteiger partial charge in [-0.05, 0) is 31.7 Å².